The molecule has 12 heteroatoms. The average Bonchev–Trinajstić information content (AvgIpc) is 3.40. The zero-order valence-corrected chi connectivity index (χ0v) is 24.9. The third kappa shape index (κ3) is 10.3. The summed E-state index contributed by atoms with van der Waals surface area (Å²) in [5.41, 5.74) is -0.705. The number of rotatable bonds is 15. The second-order valence-electron chi connectivity index (χ2n) is 11.0. The molecule has 1 aliphatic rings. The quantitative estimate of drug-likeness (QED) is 0.172. The second kappa shape index (κ2) is 16.6. The number of hydrogen-bond acceptors (Lipinski definition) is 6. The van der Waals surface area contributed by atoms with Crippen molar-refractivity contribution in [3.63, 3.8) is 0 Å². The number of likely N-dealkylation sites (tertiary alicyclic amines) is 1. The van der Waals surface area contributed by atoms with Crippen molar-refractivity contribution in [3.05, 3.63) is 12.7 Å². The molecule has 0 aromatic heterocycles. The fraction of sp³-hybridized carbons (Fsp3) is 0.714. The van der Waals surface area contributed by atoms with Crippen LogP contribution in [0.15, 0.2) is 12.7 Å². The Morgan fingerprint density at radius 1 is 1.02 bits per heavy atom. The van der Waals surface area contributed by atoms with Gasteiger partial charge < -0.3 is 31.1 Å². The van der Waals surface area contributed by atoms with Crippen LogP contribution in [0.5, 0.6) is 0 Å². The van der Waals surface area contributed by atoms with Gasteiger partial charge in [-0.3, -0.25) is 24.0 Å². The molecule has 0 aromatic carbocycles. The number of carbonyl (C=O) groups is 6. The van der Waals surface area contributed by atoms with E-state index in [1.54, 1.807) is 25.7 Å². The van der Waals surface area contributed by atoms with E-state index in [1.165, 1.54) is 11.0 Å². The summed E-state index contributed by atoms with van der Waals surface area (Å²) in [5, 5.41) is 10.3. The van der Waals surface area contributed by atoms with Gasteiger partial charge >= 0.3 is 6.03 Å². The molecule has 1 fully saturated rings. The molecular formula is C28H48N6O6. The van der Waals surface area contributed by atoms with Crippen LogP contribution in [0.4, 0.5) is 4.79 Å². The lowest BCUT2D eigenvalue weighted by Crippen LogP contribution is -2.60. The maximum Gasteiger partial charge on any atom is 0.315 e. The van der Waals surface area contributed by atoms with Gasteiger partial charge in [0.2, 0.25) is 23.5 Å². The molecule has 6 amide bonds. The normalized spacial score (nSPS) is 16.4. The van der Waals surface area contributed by atoms with Gasteiger partial charge in [0, 0.05) is 26.2 Å². The van der Waals surface area contributed by atoms with Crippen LogP contribution in [-0.4, -0.2) is 96.1 Å². The lowest BCUT2D eigenvalue weighted by Gasteiger charge is -2.35. The molecule has 1 heterocycles. The van der Waals surface area contributed by atoms with E-state index in [0.717, 1.165) is 6.42 Å². The van der Waals surface area contributed by atoms with E-state index < -0.39 is 53.1 Å². The minimum absolute atomic E-state index is 0.126. The Hall–Kier alpha value is -3.44. The van der Waals surface area contributed by atoms with Crippen LogP contribution in [0.25, 0.3) is 0 Å². The first-order chi connectivity index (χ1) is 18.8. The molecule has 3 unspecified atom stereocenters. The lowest BCUT2D eigenvalue weighted by molar-refractivity contribution is -0.143. The Balaban J connectivity index is 2.96. The van der Waals surface area contributed by atoms with Crippen molar-refractivity contribution < 1.29 is 28.8 Å². The molecule has 4 N–H and O–H groups in total. The zero-order chi connectivity index (χ0) is 30.5. The average molecular weight is 565 g/mol. The molecule has 0 saturated carbocycles. The van der Waals surface area contributed by atoms with Crippen molar-refractivity contribution in [2.24, 2.45) is 5.41 Å². The summed E-state index contributed by atoms with van der Waals surface area (Å²) in [6.07, 6.45) is 4.02. The Morgan fingerprint density at radius 3 is 2.25 bits per heavy atom. The summed E-state index contributed by atoms with van der Waals surface area (Å²) in [6, 6.07) is -3.50. The molecule has 0 aliphatic carbocycles. The van der Waals surface area contributed by atoms with Gasteiger partial charge in [0.05, 0.1) is 12.6 Å². The van der Waals surface area contributed by atoms with Crippen LogP contribution < -0.4 is 21.3 Å². The Labute approximate surface area is 238 Å². The monoisotopic (exact) mass is 564 g/mol. The number of hydrogen-bond donors (Lipinski definition) is 4. The van der Waals surface area contributed by atoms with Gasteiger partial charge in [-0.15, -0.1) is 6.58 Å². The van der Waals surface area contributed by atoms with E-state index in [1.807, 2.05) is 20.8 Å². The highest BCUT2D eigenvalue weighted by atomic mass is 16.2. The van der Waals surface area contributed by atoms with Crippen molar-refractivity contribution in [2.45, 2.75) is 91.8 Å². The van der Waals surface area contributed by atoms with E-state index >= 15 is 0 Å². The SMILES string of the molecule is C=CCNC(=O)C(=O)C(CCC)NC(=O)C1CCCN1C(=O)C(NC(=O)NCC(=O)N(CC)CCC)C(C)(C)C. The number of nitrogens with one attached hydrogen (secondary N) is 4. The molecule has 40 heavy (non-hydrogen) atoms. The third-order valence-corrected chi connectivity index (χ3v) is 6.70. The highest BCUT2D eigenvalue weighted by Crippen LogP contribution is 2.26. The molecule has 0 radical (unpaired) electrons. The van der Waals surface area contributed by atoms with Gasteiger partial charge in [-0.25, -0.2) is 4.79 Å². The molecule has 1 aliphatic heterocycles. The minimum atomic E-state index is -1.02. The van der Waals surface area contributed by atoms with Gasteiger partial charge in [-0.05, 0) is 38.0 Å². The van der Waals surface area contributed by atoms with Gasteiger partial charge in [0.25, 0.3) is 5.91 Å². The van der Waals surface area contributed by atoms with Gasteiger partial charge in [0.1, 0.15) is 12.1 Å². The summed E-state index contributed by atoms with van der Waals surface area (Å²) in [4.78, 5) is 79.9. The lowest BCUT2D eigenvalue weighted by atomic mass is 9.85. The van der Waals surface area contributed by atoms with E-state index in [0.29, 0.717) is 38.9 Å². The topological polar surface area (TPSA) is 157 Å². The highest BCUT2D eigenvalue weighted by Gasteiger charge is 2.42. The molecule has 1 saturated heterocycles. The summed E-state index contributed by atoms with van der Waals surface area (Å²) in [5.74, 6) is -2.74. The van der Waals surface area contributed by atoms with Crippen molar-refractivity contribution in [1.29, 1.82) is 0 Å². The summed E-state index contributed by atoms with van der Waals surface area (Å²) in [6.45, 7) is 15.9. The molecular weight excluding hydrogens is 516 g/mol. The van der Waals surface area contributed by atoms with Crippen LogP contribution in [0, 0.1) is 5.41 Å². The number of nitrogens with zero attached hydrogens (tertiary/aromatic N) is 2. The Bertz CT molecular complexity index is 931. The first-order valence-electron chi connectivity index (χ1n) is 14.2. The maximum atomic E-state index is 13.7. The number of ketones is 1. The van der Waals surface area contributed by atoms with Crippen LogP contribution in [0.1, 0.15) is 73.6 Å². The van der Waals surface area contributed by atoms with Crippen molar-refractivity contribution in [2.75, 3.05) is 32.7 Å². The van der Waals surface area contributed by atoms with E-state index in [4.69, 9.17) is 0 Å². The number of carbonyl (C=O) groups excluding carboxylic acids is 6. The highest BCUT2D eigenvalue weighted by molar-refractivity contribution is 6.38. The minimum Gasteiger partial charge on any atom is -0.346 e. The van der Waals surface area contributed by atoms with Crippen LogP contribution >= 0.6 is 0 Å². The van der Waals surface area contributed by atoms with Crippen molar-refractivity contribution >= 4 is 35.4 Å². The van der Waals surface area contributed by atoms with Crippen LogP contribution in [0.3, 0.4) is 0 Å². The number of amides is 6. The number of Topliss-reactive ketones (excluding diaryl/α,β-unsaturated/α-hetero) is 1. The van der Waals surface area contributed by atoms with Crippen LogP contribution in [0.2, 0.25) is 0 Å². The predicted octanol–water partition coefficient (Wildman–Crippen LogP) is 1.11. The van der Waals surface area contributed by atoms with Gasteiger partial charge in [-0.1, -0.05) is 47.1 Å². The largest absolute Gasteiger partial charge is 0.346 e. The molecule has 1 rings (SSSR count). The van der Waals surface area contributed by atoms with Crippen molar-refractivity contribution in [1.82, 2.24) is 31.1 Å². The fourth-order valence-corrected chi connectivity index (χ4v) is 4.53. The first kappa shape index (κ1) is 34.6. The fourth-order valence-electron chi connectivity index (χ4n) is 4.53. The zero-order valence-electron chi connectivity index (χ0n) is 24.9. The molecule has 226 valence electrons. The molecule has 12 nitrogen and oxygen atoms in total. The van der Waals surface area contributed by atoms with Crippen LogP contribution in [-0.2, 0) is 24.0 Å². The van der Waals surface area contributed by atoms with Gasteiger partial charge in [0.15, 0.2) is 0 Å². The standard InChI is InChI=1S/C28H48N6O6/c1-8-13-19(22(36)25(38)29-15-9-2)31-24(37)20-14-12-17-34(20)26(39)23(28(5,6)7)32-27(40)30-18-21(35)33(11-4)16-10-3/h9,19-20,23H,2,8,10-18H2,1,3-7H3,(H,29,38)(H,31,37)(H2,30,32,40). The molecule has 0 spiro atoms. The van der Waals surface area contributed by atoms with Gasteiger partial charge in [-0.2, -0.15) is 0 Å². The summed E-state index contributed by atoms with van der Waals surface area (Å²) in [7, 11) is 0. The van der Waals surface area contributed by atoms with E-state index in [9.17, 15) is 28.8 Å². The van der Waals surface area contributed by atoms with E-state index in [2.05, 4.69) is 27.8 Å². The Kier molecular flexibility index (Phi) is 14.4. The second-order valence-corrected chi connectivity index (χ2v) is 11.0. The smallest absolute Gasteiger partial charge is 0.315 e. The third-order valence-electron chi connectivity index (χ3n) is 6.70. The molecule has 3 atom stereocenters. The summed E-state index contributed by atoms with van der Waals surface area (Å²) >= 11 is 0. The first-order valence-corrected chi connectivity index (χ1v) is 14.2. The molecule has 0 aromatic rings. The number of urea groups is 1. The Morgan fingerprint density at radius 2 is 1.70 bits per heavy atom. The molecule has 0 bridgehead atoms. The number of likely N-dealkylation sites (N-methyl/N-ethyl adjacent to an activating group) is 1. The summed E-state index contributed by atoms with van der Waals surface area (Å²) < 4.78 is 0. The predicted molar refractivity (Wildman–Crippen MR) is 152 cm³/mol. The van der Waals surface area contributed by atoms with E-state index in [-0.39, 0.29) is 25.4 Å². The van der Waals surface area contributed by atoms with Crippen molar-refractivity contribution in [3.8, 4) is 0 Å². The maximum absolute atomic E-state index is 13.7.